The number of amides is 1. The molecule has 2 heterocycles. The Morgan fingerprint density at radius 1 is 1.08 bits per heavy atom. The normalized spacial score (nSPS) is 15.0. The van der Waals surface area contributed by atoms with Crippen LogP contribution in [0.2, 0.25) is 0 Å². The van der Waals surface area contributed by atoms with Crippen molar-refractivity contribution < 1.29 is 23.5 Å². The molecular formula is C28H25N3O5S. The SMILES string of the molecule is COc1ccc(C(=O)CSC2=C(C#N)[C@@H](c3ccco3)C(C(=O)Nc3ccccc3OC)=C(C)N2)cc1. The van der Waals surface area contributed by atoms with Gasteiger partial charge in [0.2, 0.25) is 0 Å². The van der Waals surface area contributed by atoms with Crippen molar-refractivity contribution in [2.75, 3.05) is 25.3 Å². The van der Waals surface area contributed by atoms with Crippen molar-refractivity contribution in [3.05, 3.63) is 100 Å². The number of carbonyl (C=O) groups is 2. The topological polar surface area (TPSA) is 114 Å². The molecule has 0 aliphatic carbocycles. The zero-order chi connectivity index (χ0) is 26.4. The molecule has 188 valence electrons. The van der Waals surface area contributed by atoms with E-state index < -0.39 is 11.8 Å². The molecule has 0 saturated carbocycles. The predicted molar refractivity (Wildman–Crippen MR) is 141 cm³/mol. The molecule has 1 aliphatic heterocycles. The van der Waals surface area contributed by atoms with Crippen LogP contribution < -0.4 is 20.1 Å². The number of ether oxygens (including phenoxy) is 2. The summed E-state index contributed by atoms with van der Waals surface area (Å²) in [7, 11) is 3.09. The van der Waals surface area contributed by atoms with Gasteiger partial charge < -0.3 is 24.5 Å². The third-order valence-electron chi connectivity index (χ3n) is 5.83. The number of benzene rings is 2. The number of rotatable bonds is 9. The van der Waals surface area contributed by atoms with E-state index in [-0.39, 0.29) is 11.5 Å². The number of furan rings is 1. The first-order chi connectivity index (χ1) is 18.0. The van der Waals surface area contributed by atoms with Gasteiger partial charge in [-0.3, -0.25) is 9.59 Å². The molecule has 1 amide bonds. The van der Waals surface area contributed by atoms with Crippen molar-refractivity contribution in [2.45, 2.75) is 12.8 Å². The van der Waals surface area contributed by atoms with E-state index in [9.17, 15) is 14.9 Å². The second-order valence-electron chi connectivity index (χ2n) is 8.06. The van der Waals surface area contributed by atoms with Crippen LogP contribution in [0.1, 0.15) is 29.0 Å². The zero-order valence-electron chi connectivity index (χ0n) is 20.5. The average molecular weight is 516 g/mol. The first kappa shape index (κ1) is 25.7. The number of thioether (sulfide) groups is 1. The molecule has 4 rings (SSSR count). The Labute approximate surface area is 218 Å². The molecule has 2 aromatic carbocycles. The number of nitrogens with one attached hydrogen (secondary N) is 2. The van der Waals surface area contributed by atoms with Crippen LogP contribution in [0.15, 0.2) is 93.2 Å². The number of para-hydroxylation sites is 2. The number of hydrogen-bond acceptors (Lipinski definition) is 8. The Morgan fingerprint density at radius 2 is 1.84 bits per heavy atom. The maximum absolute atomic E-state index is 13.5. The van der Waals surface area contributed by atoms with Crippen molar-refractivity contribution in [2.24, 2.45) is 0 Å². The lowest BCUT2D eigenvalue weighted by atomic mass is 9.85. The molecule has 1 atom stereocenters. The summed E-state index contributed by atoms with van der Waals surface area (Å²) in [6.07, 6.45) is 1.50. The average Bonchev–Trinajstić information content (AvgIpc) is 3.46. The van der Waals surface area contributed by atoms with Crippen molar-refractivity contribution in [1.82, 2.24) is 5.32 Å². The third-order valence-corrected chi connectivity index (χ3v) is 6.85. The van der Waals surface area contributed by atoms with Crippen LogP contribution in [0, 0.1) is 11.3 Å². The van der Waals surface area contributed by atoms with Crippen molar-refractivity contribution in [3.63, 3.8) is 0 Å². The lowest BCUT2D eigenvalue weighted by Crippen LogP contribution is -2.30. The summed E-state index contributed by atoms with van der Waals surface area (Å²) in [4.78, 5) is 26.3. The molecule has 2 N–H and O–H groups in total. The monoisotopic (exact) mass is 515 g/mol. The second kappa shape index (κ2) is 11.5. The summed E-state index contributed by atoms with van der Waals surface area (Å²) in [6, 6.07) is 19.6. The lowest BCUT2D eigenvalue weighted by molar-refractivity contribution is -0.113. The summed E-state index contributed by atoms with van der Waals surface area (Å²) < 4.78 is 16.2. The van der Waals surface area contributed by atoms with Crippen molar-refractivity contribution in [1.29, 1.82) is 5.26 Å². The molecule has 9 heteroatoms. The van der Waals surface area contributed by atoms with Crippen LogP contribution in [0.5, 0.6) is 11.5 Å². The minimum atomic E-state index is -0.755. The van der Waals surface area contributed by atoms with Gasteiger partial charge in [-0.1, -0.05) is 23.9 Å². The van der Waals surface area contributed by atoms with Gasteiger partial charge in [0.1, 0.15) is 17.3 Å². The molecule has 0 radical (unpaired) electrons. The minimum absolute atomic E-state index is 0.0980. The van der Waals surface area contributed by atoms with Crippen LogP contribution in [-0.4, -0.2) is 31.7 Å². The highest BCUT2D eigenvalue weighted by Gasteiger charge is 2.36. The highest BCUT2D eigenvalue weighted by molar-refractivity contribution is 8.03. The fourth-order valence-corrected chi connectivity index (χ4v) is 4.99. The first-order valence-corrected chi connectivity index (χ1v) is 12.3. The van der Waals surface area contributed by atoms with Crippen molar-refractivity contribution in [3.8, 4) is 17.6 Å². The number of allylic oxidation sites excluding steroid dienone is 2. The molecule has 37 heavy (non-hydrogen) atoms. The molecule has 0 bridgehead atoms. The molecule has 1 aromatic heterocycles. The van der Waals surface area contributed by atoms with E-state index >= 15 is 0 Å². The minimum Gasteiger partial charge on any atom is -0.497 e. The highest BCUT2D eigenvalue weighted by atomic mass is 32.2. The summed E-state index contributed by atoms with van der Waals surface area (Å²) >= 11 is 1.21. The maximum Gasteiger partial charge on any atom is 0.254 e. The molecule has 0 saturated heterocycles. The lowest BCUT2D eigenvalue weighted by Gasteiger charge is -2.28. The van der Waals surface area contributed by atoms with Gasteiger partial charge in [-0.05, 0) is 55.5 Å². The number of methoxy groups -OCH3 is 2. The van der Waals surface area contributed by atoms with Gasteiger partial charge >= 0.3 is 0 Å². The van der Waals surface area contributed by atoms with E-state index in [0.717, 1.165) is 0 Å². The number of Topliss-reactive ketones (excluding diaryl/α,β-unsaturated/α-hetero) is 1. The van der Waals surface area contributed by atoms with Crippen LogP contribution in [0.3, 0.4) is 0 Å². The van der Waals surface area contributed by atoms with E-state index in [0.29, 0.717) is 50.4 Å². The number of ketones is 1. The van der Waals surface area contributed by atoms with E-state index in [2.05, 4.69) is 16.7 Å². The summed E-state index contributed by atoms with van der Waals surface area (Å²) in [5, 5.41) is 16.7. The largest absolute Gasteiger partial charge is 0.497 e. The number of dihydropyridines is 1. The number of carbonyl (C=O) groups excluding carboxylic acids is 2. The zero-order valence-corrected chi connectivity index (χ0v) is 21.3. The van der Waals surface area contributed by atoms with Crippen LogP contribution in [0.25, 0.3) is 0 Å². The number of nitrogens with zero attached hydrogens (tertiary/aromatic N) is 1. The Hall–Kier alpha value is -4.42. The third kappa shape index (κ3) is 5.55. The predicted octanol–water partition coefficient (Wildman–Crippen LogP) is 5.25. The van der Waals surface area contributed by atoms with E-state index in [1.165, 1.54) is 25.1 Å². The van der Waals surface area contributed by atoms with Gasteiger partial charge in [0.25, 0.3) is 5.91 Å². The Bertz CT molecular complexity index is 1400. The molecule has 8 nitrogen and oxygen atoms in total. The first-order valence-electron chi connectivity index (χ1n) is 11.4. The number of nitriles is 1. The Balaban J connectivity index is 1.62. The van der Waals surface area contributed by atoms with Gasteiger partial charge in [-0.15, -0.1) is 0 Å². The van der Waals surface area contributed by atoms with Crippen LogP contribution in [-0.2, 0) is 4.79 Å². The quantitative estimate of drug-likeness (QED) is 0.372. The molecular weight excluding hydrogens is 490 g/mol. The van der Waals surface area contributed by atoms with E-state index in [1.807, 2.05) is 0 Å². The number of anilines is 1. The molecule has 1 aliphatic rings. The number of hydrogen-bond donors (Lipinski definition) is 2. The molecule has 3 aromatic rings. The van der Waals surface area contributed by atoms with E-state index in [1.54, 1.807) is 74.7 Å². The summed E-state index contributed by atoms with van der Waals surface area (Å²) in [6.45, 7) is 1.76. The fraction of sp³-hybridized carbons (Fsp3) is 0.179. The maximum atomic E-state index is 13.5. The van der Waals surface area contributed by atoms with Crippen LogP contribution in [0.4, 0.5) is 5.69 Å². The molecule has 0 unspecified atom stereocenters. The molecule has 0 spiro atoms. The Kier molecular flexibility index (Phi) is 8.01. The van der Waals surface area contributed by atoms with Gasteiger partial charge in [0.05, 0.1) is 60.1 Å². The standard InChI is InChI=1S/C28H25N3O5S/c1-17-25(27(33)31-21-7-4-5-8-23(21)35-3)26(24-9-6-14-36-24)20(15-29)28(30-17)37-16-22(32)18-10-12-19(34-2)13-11-18/h4-14,26,30H,16H2,1-3H3,(H,31,33)/t26-/m0/s1. The summed E-state index contributed by atoms with van der Waals surface area (Å²) in [5.74, 6) is 0.458. The van der Waals surface area contributed by atoms with Gasteiger partial charge in [-0.25, -0.2) is 0 Å². The van der Waals surface area contributed by atoms with Crippen molar-refractivity contribution >= 4 is 29.1 Å². The van der Waals surface area contributed by atoms with E-state index in [4.69, 9.17) is 13.9 Å². The van der Waals surface area contributed by atoms with Gasteiger partial charge in [0, 0.05) is 11.3 Å². The van der Waals surface area contributed by atoms with Crippen LogP contribution >= 0.6 is 11.8 Å². The summed E-state index contributed by atoms with van der Waals surface area (Å²) in [5.41, 5.74) is 2.21. The second-order valence-corrected chi connectivity index (χ2v) is 9.05. The Morgan fingerprint density at radius 3 is 2.49 bits per heavy atom. The smallest absolute Gasteiger partial charge is 0.254 e. The van der Waals surface area contributed by atoms with Gasteiger partial charge in [0.15, 0.2) is 5.78 Å². The fourth-order valence-electron chi connectivity index (χ4n) is 4.00. The highest BCUT2D eigenvalue weighted by Crippen LogP contribution is 2.41. The molecule has 0 fully saturated rings. The van der Waals surface area contributed by atoms with Gasteiger partial charge in [-0.2, -0.15) is 5.26 Å².